The number of rotatable bonds is 5. The third kappa shape index (κ3) is 4.38. The van der Waals surface area contributed by atoms with Gasteiger partial charge in [-0.2, -0.15) is 10.1 Å². The smallest absolute Gasteiger partial charge is 0.292 e. The molecule has 0 saturated heterocycles. The van der Waals surface area contributed by atoms with Crippen LogP contribution in [-0.2, 0) is 0 Å². The van der Waals surface area contributed by atoms with Crippen LogP contribution in [0.4, 0.5) is 6.01 Å². The van der Waals surface area contributed by atoms with Gasteiger partial charge in [-0.05, 0) is 38.3 Å². The molecule has 1 saturated carbocycles. The molecule has 2 unspecified atom stereocenters. The first-order valence-electron chi connectivity index (χ1n) is 9.81. The molecular weight excluding hydrogens is 392 g/mol. The Hall–Kier alpha value is -2.58. The molecule has 0 radical (unpaired) electrons. The highest BCUT2D eigenvalue weighted by molar-refractivity contribution is 6.23. The number of alkyl halides is 1. The molecule has 8 nitrogen and oxygen atoms in total. The normalized spacial score (nSPS) is 26.9. The van der Waals surface area contributed by atoms with Crippen LogP contribution in [0, 0.1) is 0 Å². The van der Waals surface area contributed by atoms with Crippen LogP contribution in [0.5, 0.6) is 0 Å². The van der Waals surface area contributed by atoms with Gasteiger partial charge in [0.1, 0.15) is 6.26 Å². The number of nitrogen functional groups attached to an aromatic ring is 1. The average Bonchev–Trinajstić information content (AvgIpc) is 3.39. The molecule has 154 valence electrons. The Kier molecular flexibility index (Phi) is 5.73. The number of nitrogens with two attached hydrogens (primary N) is 1. The zero-order chi connectivity index (χ0) is 20.4. The van der Waals surface area contributed by atoms with Gasteiger partial charge in [-0.15, -0.1) is 11.6 Å². The molecule has 0 aliphatic heterocycles. The van der Waals surface area contributed by atoms with Crippen LogP contribution >= 0.6 is 11.6 Å². The van der Waals surface area contributed by atoms with Gasteiger partial charge >= 0.3 is 0 Å². The number of aromatic nitrogens is 3. The van der Waals surface area contributed by atoms with Crippen LogP contribution in [-0.4, -0.2) is 45.2 Å². The molecule has 1 amide bonds. The molecule has 4 rings (SSSR count). The average molecular weight is 417 g/mol. The number of halogens is 1. The summed E-state index contributed by atoms with van der Waals surface area (Å²) in [5.74, 6) is -0.385. The number of carbonyl (C=O) groups excluding carboxylic acids is 1. The Morgan fingerprint density at radius 3 is 2.83 bits per heavy atom. The van der Waals surface area contributed by atoms with Crippen molar-refractivity contribution in [3.05, 3.63) is 48.1 Å². The van der Waals surface area contributed by atoms with Crippen molar-refractivity contribution in [3.8, 4) is 0 Å². The van der Waals surface area contributed by atoms with Crippen molar-refractivity contribution in [1.82, 2.24) is 25.4 Å². The van der Waals surface area contributed by atoms with Gasteiger partial charge in [0.25, 0.3) is 11.9 Å². The van der Waals surface area contributed by atoms with Crippen molar-refractivity contribution in [2.45, 2.75) is 49.2 Å². The van der Waals surface area contributed by atoms with E-state index in [1.165, 1.54) is 6.26 Å². The lowest BCUT2D eigenvalue weighted by Crippen LogP contribution is -2.40. The van der Waals surface area contributed by atoms with E-state index in [-0.39, 0.29) is 29.0 Å². The molecule has 2 atom stereocenters. The molecule has 2 heterocycles. The lowest BCUT2D eigenvalue weighted by molar-refractivity contribution is 0.0940. The molecule has 2 aliphatic rings. The minimum Gasteiger partial charge on any atom is -0.431 e. The van der Waals surface area contributed by atoms with E-state index in [1.54, 1.807) is 0 Å². The first-order chi connectivity index (χ1) is 14.0. The molecule has 1 fully saturated rings. The van der Waals surface area contributed by atoms with Crippen LogP contribution in [0.15, 0.2) is 41.3 Å². The molecule has 4 N–H and O–H groups in total. The van der Waals surface area contributed by atoms with Crippen molar-refractivity contribution < 1.29 is 9.21 Å². The van der Waals surface area contributed by atoms with E-state index in [0.717, 1.165) is 36.8 Å². The van der Waals surface area contributed by atoms with E-state index in [0.29, 0.717) is 12.1 Å². The lowest BCUT2D eigenvalue weighted by atomic mass is 9.91. The Balaban J connectivity index is 1.45. The third-order valence-electron chi connectivity index (χ3n) is 5.63. The monoisotopic (exact) mass is 416 g/mol. The highest BCUT2D eigenvalue weighted by atomic mass is 35.5. The fraction of sp³-hybridized carbons (Fsp3) is 0.450. The predicted octanol–water partition coefficient (Wildman–Crippen LogP) is 2.52. The Labute approximate surface area is 174 Å². The highest BCUT2D eigenvalue weighted by Gasteiger charge is 2.25. The van der Waals surface area contributed by atoms with Crippen molar-refractivity contribution in [2.75, 3.05) is 12.8 Å². The van der Waals surface area contributed by atoms with Gasteiger partial charge in [0.15, 0.2) is 5.69 Å². The second kappa shape index (κ2) is 8.42. The topological polar surface area (TPSA) is 111 Å². The van der Waals surface area contributed by atoms with Gasteiger partial charge in [0, 0.05) is 17.8 Å². The number of nitrogens with zero attached hydrogens (tertiary/aromatic N) is 3. The van der Waals surface area contributed by atoms with Gasteiger partial charge in [-0.1, -0.05) is 18.2 Å². The summed E-state index contributed by atoms with van der Waals surface area (Å²) >= 11 is 6.39. The van der Waals surface area contributed by atoms with Crippen molar-refractivity contribution >= 4 is 29.1 Å². The van der Waals surface area contributed by atoms with E-state index in [1.807, 2.05) is 31.5 Å². The first-order valence-corrected chi connectivity index (χ1v) is 10.2. The summed E-state index contributed by atoms with van der Waals surface area (Å²) in [5.41, 5.74) is 7.54. The second-order valence-electron chi connectivity index (χ2n) is 7.50. The van der Waals surface area contributed by atoms with Crippen LogP contribution in [0.2, 0.25) is 0 Å². The SMILES string of the molecule is CNC1CCC(n2cc(C3=CC(NC(=O)c4coc(N)n4)C(Cl)C=C3)cn2)CC1. The number of carbonyl (C=O) groups is 1. The number of allylic oxidation sites excluding steroid dienone is 2. The molecule has 0 aromatic carbocycles. The Bertz CT molecular complexity index is 925. The molecule has 0 spiro atoms. The predicted molar refractivity (Wildman–Crippen MR) is 112 cm³/mol. The largest absolute Gasteiger partial charge is 0.431 e. The van der Waals surface area contributed by atoms with Gasteiger partial charge in [0.05, 0.1) is 23.7 Å². The summed E-state index contributed by atoms with van der Waals surface area (Å²) in [7, 11) is 2.02. The first kappa shape index (κ1) is 19.7. The lowest BCUT2D eigenvalue weighted by Gasteiger charge is -2.28. The summed E-state index contributed by atoms with van der Waals surface area (Å²) in [4.78, 5) is 16.2. The summed E-state index contributed by atoms with van der Waals surface area (Å²) in [6.45, 7) is 0. The van der Waals surface area contributed by atoms with Crippen molar-refractivity contribution in [2.24, 2.45) is 0 Å². The Morgan fingerprint density at radius 1 is 1.34 bits per heavy atom. The van der Waals surface area contributed by atoms with Crippen LogP contribution in [0.3, 0.4) is 0 Å². The van der Waals surface area contributed by atoms with Crippen LogP contribution in [0.1, 0.15) is 47.8 Å². The second-order valence-corrected chi connectivity index (χ2v) is 8.00. The van der Waals surface area contributed by atoms with E-state index in [2.05, 4.69) is 31.6 Å². The molecule has 2 aliphatic carbocycles. The number of hydrogen-bond acceptors (Lipinski definition) is 6. The number of oxazole rings is 1. The maximum absolute atomic E-state index is 12.4. The summed E-state index contributed by atoms with van der Waals surface area (Å²) in [6, 6.07) is 0.607. The van der Waals surface area contributed by atoms with E-state index in [4.69, 9.17) is 21.8 Å². The summed E-state index contributed by atoms with van der Waals surface area (Å²) in [6.07, 6.45) is 15.5. The van der Waals surface area contributed by atoms with E-state index < -0.39 is 0 Å². The standard InChI is InChI=1S/C20H25ClN6O2/c1-23-14-3-5-15(6-4-14)27-10-13(9-24-27)12-2-7-16(21)17(8-12)25-19(28)18-11-29-20(22)26-18/h2,7-11,14-17,23H,3-6H2,1H3,(H2,22,26)(H,25,28). The molecule has 0 bridgehead atoms. The molecule has 9 heteroatoms. The van der Waals surface area contributed by atoms with E-state index >= 15 is 0 Å². The summed E-state index contributed by atoms with van der Waals surface area (Å²) < 4.78 is 6.96. The zero-order valence-electron chi connectivity index (χ0n) is 16.2. The number of nitrogens with one attached hydrogen (secondary N) is 2. The fourth-order valence-corrected chi connectivity index (χ4v) is 4.11. The minimum atomic E-state index is -0.385. The third-order valence-corrected chi connectivity index (χ3v) is 6.05. The van der Waals surface area contributed by atoms with Crippen LogP contribution in [0.25, 0.3) is 5.57 Å². The van der Waals surface area contributed by atoms with Crippen LogP contribution < -0.4 is 16.4 Å². The number of amides is 1. The fourth-order valence-electron chi connectivity index (χ4n) is 3.90. The van der Waals surface area contributed by atoms with Gasteiger partial charge in [-0.3, -0.25) is 9.48 Å². The maximum atomic E-state index is 12.4. The Morgan fingerprint density at radius 2 is 2.14 bits per heavy atom. The van der Waals surface area contributed by atoms with Crippen molar-refractivity contribution in [3.63, 3.8) is 0 Å². The summed E-state index contributed by atoms with van der Waals surface area (Å²) in [5, 5.41) is 10.5. The van der Waals surface area contributed by atoms with Gasteiger partial charge < -0.3 is 20.8 Å². The molecule has 2 aromatic heterocycles. The van der Waals surface area contributed by atoms with Crippen molar-refractivity contribution in [1.29, 1.82) is 0 Å². The minimum absolute atomic E-state index is 0.0477. The van der Waals surface area contributed by atoms with E-state index in [9.17, 15) is 4.79 Å². The maximum Gasteiger partial charge on any atom is 0.292 e. The number of anilines is 1. The zero-order valence-corrected chi connectivity index (χ0v) is 17.0. The molecule has 29 heavy (non-hydrogen) atoms. The van der Waals surface area contributed by atoms with Gasteiger partial charge in [0.2, 0.25) is 0 Å². The quantitative estimate of drug-likeness (QED) is 0.646. The van der Waals surface area contributed by atoms with Gasteiger partial charge in [-0.25, -0.2) is 0 Å². The highest BCUT2D eigenvalue weighted by Crippen LogP contribution is 2.30. The molecular formula is C20H25ClN6O2. The molecule has 2 aromatic rings. The number of hydrogen-bond donors (Lipinski definition) is 3.